The Kier molecular flexibility index (Phi) is 5.58. The first kappa shape index (κ1) is 21.9. The molecule has 9 heteroatoms. The zero-order valence-corrected chi connectivity index (χ0v) is 19.6. The van der Waals surface area contributed by atoms with Crippen LogP contribution in [0, 0.1) is 5.82 Å². The molecule has 1 atom stereocenters. The van der Waals surface area contributed by atoms with Gasteiger partial charge in [-0.15, -0.1) is 0 Å². The molecule has 1 saturated carbocycles. The van der Waals surface area contributed by atoms with Crippen LogP contribution in [0.15, 0.2) is 41.2 Å². The van der Waals surface area contributed by atoms with Gasteiger partial charge in [-0.2, -0.15) is 0 Å². The molecule has 0 aromatic heterocycles. The molecule has 2 fully saturated rings. The molecule has 1 aliphatic carbocycles. The van der Waals surface area contributed by atoms with E-state index in [0.717, 1.165) is 49.1 Å². The van der Waals surface area contributed by atoms with Crippen LogP contribution >= 0.6 is 11.6 Å². The average Bonchev–Trinajstić information content (AvgIpc) is 3.51. The van der Waals surface area contributed by atoms with Crippen LogP contribution in [0.5, 0.6) is 0 Å². The van der Waals surface area contributed by atoms with Crippen molar-refractivity contribution in [3.63, 3.8) is 0 Å². The summed E-state index contributed by atoms with van der Waals surface area (Å²) in [7, 11) is -3.06. The number of sulfone groups is 1. The van der Waals surface area contributed by atoms with Crippen LogP contribution in [0.2, 0.25) is 5.02 Å². The molecule has 1 aromatic carbocycles. The van der Waals surface area contributed by atoms with Gasteiger partial charge in [-0.1, -0.05) is 17.7 Å². The quantitative estimate of drug-likeness (QED) is 0.625. The average molecular weight is 480 g/mol. The van der Waals surface area contributed by atoms with E-state index in [4.69, 9.17) is 11.6 Å². The summed E-state index contributed by atoms with van der Waals surface area (Å²) in [5.74, 6) is -0.230. The lowest BCUT2D eigenvalue weighted by atomic mass is 9.90. The standard InChI is InChI=1S/C23H27ClFN3O3S/c1-32(30,31)9-7-23-27(16-3-4-16)13-21-17-6-8-26(12-18(17)22(29)14-28(21)23)11-15-2-5-20(25)19(24)10-15/h2,5,10,12,16,23H,3-4,6-9,11,13-14H2,1H3. The summed E-state index contributed by atoms with van der Waals surface area (Å²) in [4.78, 5) is 19.8. The van der Waals surface area contributed by atoms with Gasteiger partial charge in [0, 0.05) is 49.4 Å². The van der Waals surface area contributed by atoms with Crippen molar-refractivity contribution in [3.8, 4) is 0 Å². The fourth-order valence-corrected chi connectivity index (χ4v) is 5.95. The second-order valence-corrected chi connectivity index (χ2v) is 12.0. The molecule has 32 heavy (non-hydrogen) atoms. The van der Waals surface area contributed by atoms with Crippen LogP contribution in [0.1, 0.15) is 31.2 Å². The Bertz CT molecular complexity index is 1130. The summed E-state index contributed by atoms with van der Waals surface area (Å²) in [6.07, 6.45) is 6.74. The SMILES string of the molecule is CS(=O)(=O)CCC1N2CC(=O)C3=CN(Cc4ccc(F)c(Cl)c4)CCC3=C2CN1C1CC1. The number of hydrogen-bond donors (Lipinski definition) is 0. The Morgan fingerprint density at radius 3 is 2.69 bits per heavy atom. The van der Waals surface area contributed by atoms with Gasteiger partial charge in [0.1, 0.15) is 15.7 Å². The predicted molar refractivity (Wildman–Crippen MR) is 121 cm³/mol. The molecule has 6 nitrogen and oxygen atoms in total. The summed E-state index contributed by atoms with van der Waals surface area (Å²) < 4.78 is 37.1. The number of benzene rings is 1. The van der Waals surface area contributed by atoms with Crippen molar-refractivity contribution in [1.29, 1.82) is 0 Å². The fourth-order valence-electron chi connectivity index (χ4n) is 5.11. The maximum absolute atomic E-state index is 13.5. The van der Waals surface area contributed by atoms with E-state index >= 15 is 0 Å². The zero-order chi connectivity index (χ0) is 22.6. The van der Waals surface area contributed by atoms with Crippen molar-refractivity contribution in [3.05, 3.63) is 57.6 Å². The van der Waals surface area contributed by atoms with E-state index in [-0.39, 0.29) is 22.7 Å². The van der Waals surface area contributed by atoms with Crippen LogP contribution < -0.4 is 0 Å². The lowest BCUT2D eigenvalue weighted by Gasteiger charge is -2.37. The molecule has 1 aromatic rings. The number of fused-ring (bicyclic) bond motifs is 2. The van der Waals surface area contributed by atoms with E-state index in [2.05, 4.69) is 14.7 Å². The van der Waals surface area contributed by atoms with Gasteiger partial charge in [-0.25, -0.2) is 12.8 Å². The molecule has 1 saturated heterocycles. The van der Waals surface area contributed by atoms with Gasteiger partial charge in [0.2, 0.25) is 0 Å². The number of ketones is 1. The first-order valence-corrected chi connectivity index (χ1v) is 13.5. The number of carbonyl (C=O) groups excluding carboxylic acids is 1. The van der Waals surface area contributed by atoms with E-state index in [0.29, 0.717) is 25.6 Å². The van der Waals surface area contributed by atoms with Gasteiger partial charge in [-0.3, -0.25) is 9.69 Å². The minimum atomic E-state index is -3.06. The number of nitrogens with zero attached hydrogens (tertiary/aromatic N) is 3. The van der Waals surface area contributed by atoms with E-state index < -0.39 is 15.7 Å². The van der Waals surface area contributed by atoms with Gasteiger partial charge in [0.25, 0.3) is 0 Å². The molecule has 0 radical (unpaired) electrons. The van der Waals surface area contributed by atoms with Crippen molar-refractivity contribution >= 4 is 27.2 Å². The summed E-state index contributed by atoms with van der Waals surface area (Å²) in [5, 5.41) is 0.102. The lowest BCUT2D eigenvalue weighted by Crippen LogP contribution is -2.45. The second-order valence-electron chi connectivity index (χ2n) is 9.29. The molecule has 4 aliphatic rings. The summed E-state index contributed by atoms with van der Waals surface area (Å²) in [6, 6.07) is 5.21. The number of hydrogen-bond acceptors (Lipinski definition) is 6. The molecular formula is C23H27ClFN3O3S. The highest BCUT2D eigenvalue weighted by atomic mass is 35.5. The summed E-state index contributed by atoms with van der Waals surface area (Å²) in [5.41, 5.74) is 3.94. The predicted octanol–water partition coefficient (Wildman–Crippen LogP) is 2.95. The Morgan fingerprint density at radius 2 is 2.00 bits per heavy atom. The first-order valence-electron chi connectivity index (χ1n) is 11.0. The maximum Gasteiger partial charge on any atom is 0.183 e. The van der Waals surface area contributed by atoms with Gasteiger partial charge in [0.15, 0.2) is 5.78 Å². The van der Waals surface area contributed by atoms with Gasteiger partial charge < -0.3 is 9.80 Å². The molecule has 0 spiro atoms. The largest absolute Gasteiger partial charge is 0.372 e. The fraction of sp³-hybridized carbons (Fsp3) is 0.522. The van der Waals surface area contributed by atoms with E-state index in [1.807, 2.05) is 6.20 Å². The maximum atomic E-state index is 13.5. The number of carbonyl (C=O) groups is 1. The molecule has 0 bridgehead atoms. The molecular weight excluding hydrogens is 453 g/mol. The van der Waals surface area contributed by atoms with E-state index in [1.165, 1.54) is 18.0 Å². The molecule has 3 heterocycles. The Balaban J connectivity index is 1.40. The van der Waals surface area contributed by atoms with Gasteiger partial charge >= 0.3 is 0 Å². The van der Waals surface area contributed by atoms with Crippen LogP contribution in [0.4, 0.5) is 4.39 Å². The van der Waals surface area contributed by atoms with Crippen LogP contribution in [-0.2, 0) is 21.2 Å². The Hall–Kier alpha value is -1.90. The second kappa shape index (κ2) is 8.15. The van der Waals surface area contributed by atoms with Crippen LogP contribution in [0.25, 0.3) is 0 Å². The third-order valence-corrected chi connectivity index (χ3v) is 8.07. The number of rotatable bonds is 6. The van der Waals surface area contributed by atoms with Crippen molar-refractivity contribution in [2.45, 2.75) is 44.4 Å². The zero-order valence-electron chi connectivity index (χ0n) is 18.1. The third-order valence-electron chi connectivity index (χ3n) is 6.80. The van der Waals surface area contributed by atoms with Crippen LogP contribution in [-0.4, -0.2) is 72.8 Å². The molecule has 0 N–H and O–H groups in total. The molecule has 3 aliphatic heterocycles. The monoisotopic (exact) mass is 479 g/mol. The molecule has 1 unspecified atom stereocenters. The van der Waals surface area contributed by atoms with E-state index in [1.54, 1.807) is 12.1 Å². The Labute approximate surface area is 193 Å². The molecule has 0 amide bonds. The molecule has 172 valence electrons. The number of Topliss-reactive ketones (excluding diaryl/α,β-unsaturated/α-hetero) is 1. The minimum absolute atomic E-state index is 0.0235. The van der Waals surface area contributed by atoms with Gasteiger partial charge in [0.05, 0.1) is 23.5 Å². The van der Waals surface area contributed by atoms with Crippen molar-refractivity contribution < 1.29 is 17.6 Å². The van der Waals surface area contributed by atoms with Crippen molar-refractivity contribution in [2.75, 3.05) is 31.6 Å². The van der Waals surface area contributed by atoms with Crippen molar-refractivity contribution in [2.24, 2.45) is 0 Å². The minimum Gasteiger partial charge on any atom is -0.372 e. The van der Waals surface area contributed by atoms with E-state index in [9.17, 15) is 17.6 Å². The highest BCUT2D eigenvalue weighted by molar-refractivity contribution is 7.90. The first-order chi connectivity index (χ1) is 15.2. The highest BCUT2D eigenvalue weighted by Gasteiger charge is 2.47. The van der Waals surface area contributed by atoms with Gasteiger partial charge in [-0.05, 0) is 49.0 Å². The summed E-state index contributed by atoms with van der Waals surface area (Å²) >= 11 is 5.92. The van der Waals surface area contributed by atoms with Crippen molar-refractivity contribution in [1.82, 2.24) is 14.7 Å². The third kappa shape index (κ3) is 4.32. The topological polar surface area (TPSA) is 60.9 Å². The lowest BCUT2D eigenvalue weighted by molar-refractivity contribution is -0.117. The normalized spacial score (nSPS) is 24.0. The summed E-state index contributed by atoms with van der Waals surface area (Å²) in [6.45, 7) is 2.40. The number of halogens is 2. The van der Waals surface area contributed by atoms with Crippen LogP contribution in [0.3, 0.4) is 0 Å². The smallest absolute Gasteiger partial charge is 0.183 e. The molecule has 5 rings (SSSR count). The highest BCUT2D eigenvalue weighted by Crippen LogP contribution is 2.42. The Morgan fingerprint density at radius 1 is 1.22 bits per heavy atom.